The van der Waals surface area contributed by atoms with Gasteiger partial charge >= 0.3 is 0 Å². The molecule has 0 atom stereocenters. The van der Waals surface area contributed by atoms with Gasteiger partial charge in [0.05, 0.1) is 4.88 Å². The number of benzene rings is 3. The Morgan fingerprint density at radius 3 is 2.19 bits per heavy atom. The molecule has 0 amide bonds. The largest absolute Gasteiger partial charge is 0.217 e. The molecule has 3 nitrogen and oxygen atoms in total. The molecule has 0 radical (unpaired) electrons. The highest BCUT2D eigenvalue weighted by Gasteiger charge is 2.12. The summed E-state index contributed by atoms with van der Waals surface area (Å²) in [5, 5.41) is 1.15. The number of rotatable bonds is 4. The van der Waals surface area contributed by atoms with Gasteiger partial charge < -0.3 is 0 Å². The van der Waals surface area contributed by atoms with Crippen LogP contribution in [-0.4, -0.2) is 15.0 Å². The number of allylic oxidation sites excluding steroid dienone is 1. The lowest BCUT2D eigenvalue weighted by Crippen LogP contribution is -1.95. The van der Waals surface area contributed by atoms with E-state index in [0.717, 1.165) is 37.2 Å². The zero-order chi connectivity index (χ0) is 21.9. The van der Waals surface area contributed by atoms with Crippen LogP contribution in [0.1, 0.15) is 17.4 Å². The molecule has 2 heterocycles. The molecule has 0 saturated carbocycles. The summed E-state index contributed by atoms with van der Waals surface area (Å²) in [5.74, 6) is 4.10. The molecular weight excluding hydrogens is 410 g/mol. The van der Waals surface area contributed by atoms with Crippen LogP contribution in [0.3, 0.4) is 0 Å². The Kier molecular flexibility index (Phi) is 5.33. The van der Waals surface area contributed by atoms with E-state index in [0.29, 0.717) is 11.6 Å². The molecule has 0 aliphatic heterocycles. The molecule has 152 valence electrons. The molecule has 0 saturated heterocycles. The minimum atomic E-state index is 0.646. The van der Waals surface area contributed by atoms with Crippen LogP contribution in [0.4, 0.5) is 0 Å². The van der Waals surface area contributed by atoms with Gasteiger partial charge in [-0.05, 0) is 24.1 Å². The van der Waals surface area contributed by atoms with Crippen LogP contribution in [0, 0.1) is 12.3 Å². The van der Waals surface area contributed by atoms with E-state index < -0.39 is 0 Å². The predicted molar refractivity (Wildman–Crippen MR) is 134 cm³/mol. The predicted octanol–water partition coefficient (Wildman–Crippen LogP) is 7.10. The molecule has 0 aliphatic carbocycles. The number of fused-ring (bicyclic) bond motifs is 1. The van der Waals surface area contributed by atoms with E-state index >= 15 is 0 Å². The Morgan fingerprint density at radius 2 is 1.47 bits per heavy atom. The Bertz CT molecular complexity index is 1470. The second-order valence-corrected chi connectivity index (χ2v) is 8.33. The first-order chi connectivity index (χ1) is 15.8. The standard InChI is InChI=1S/C28H19N3S/c1-3-8-23-24-16-15-22(17-26(24)32-25(23)4-2)28-30-18-29-27(31-28)21-13-11-20(12-14-21)19-9-6-5-7-10-19/h2-3,5-18H,1H3/b8-3-. The normalized spacial score (nSPS) is 11.1. The van der Waals surface area contributed by atoms with Gasteiger partial charge in [0, 0.05) is 26.8 Å². The van der Waals surface area contributed by atoms with Crippen molar-refractivity contribution < 1.29 is 0 Å². The average molecular weight is 430 g/mol. The van der Waals surface area contributed by atoms with Crippen molar-refractivity contribution in [2.45, 2.75) is 6.92 Å². The van der Waals surface area contributed by atoms with E-state index in [2.05, 4.69) is 58.4 Å². The van der Waals surface area contributed by atoms with Gasteiger partial charge in [0.25, 0.3) is 0 Å². The number of hydrogen-bond donors (Lipinski definition) is 0. The first-order valence-corrected chi connectivity index (χ1v) is 11.1. The first-order valence-electron chi connectivity index (χ1n) is 10.3. The fourth-order valence-electron chi connectivity index (χ4n) is 3.71. The number of hydrogen-bond acceptors (Lipinski definition) is 4. The third-order valence-corrected chi connectivity index (χ3v) is 6.37. The summed E-state index contributed by atoms with van der Waals surface area (Å²) < 4.78 is 1.12. The third kappa shape index (κ3) is 3.71. The average Bonchev–Trinajstić information content (AvgIpc) is 3.22. The summed E-state index contributed by atoms with van der Waals surface area (Å²) in [5.41, 5.74) is 5.34. The van der Waals surface area contributed by atoms with E-state index in [1.165, 1.54) is 5.56 Å². The smallest absolute Gasteiger partial charge is 0.163 e. The minimum Gasteiger partial charge on any atom is -0.217 e. The van der Waals surface area contributed by atoms with E-state index in [-0.39, 0.29) is 0 Å². The molecule has 4 heteroatoms. The quantitative estimate of drug-likeness (QED) is 0.286. The second-order valence-electron chi connectivity index (χ2n) is 7.28. The van der Waals surface area contributed by atoms with Crippen molar-refractivity contribution in [1.29, 1.82) is 0 Å². The van der Waals surface area contributed by atoms with Crippen LogP contribution >= 0.6 is 11.3 Å². The fraction of sp³-hybridized carbons (Fsp3) is 0.0357. The molecule has 5 rings (SSSR count). The maximum Gasteiger partial charge on any atom is 0.163 e. The highest BCUT2D eigenvalue weighted by Crippen LogP contribution is 2.34. The van der Waals surface area contributed by atoms with Gasteiger partial charge in [-0.25, -0.2) is 15.0 Å². The van der Waals surface area contributed by atoms with Crippen LogP contribution < -0.4 is 0 Å². The minimum absolute atomic E-state index is 0.646. The van der Waals surface area contributed by atoms with Gasteiger partial charge in [0.15, 0.2) is 11.6 Å². The van der Waals surface area contributed by atoms with Gasteiger partial charge in [0.1, 0.15) is 6.33 Å². The summed E-state index contributed by atoms with van der Waals surface area (Å²) in [6.45, 7) is 2.00. The fourth-order valence-corrected chi connectivity index (χ4v) is 4.75. The molecule has 3 aromatic carbocycles. The summed E-state index contributed by atoms with van der Waals surface area (Å²) in [4.78, 5) is 14.5. The monoisotopic (exact) mass is 429 g/mol. The number of terminal acetylenes is 1. The molecule has 0 spiro atoms. The maximum absolute atomic E-state index is 5.72. The number of aromatic nitrogens is 3. The SMILES string of the molecule is C#Cc1sc2cc(-c3ncnc(-c4ccc(-c5ccccc5)cc4)n3)ccc2c1/C=C\C. The van der Waals surface area contributed by atoms with E-state index in [9.17, 15) is 0 Å². The summed E-state index contributed by atoms with van der Waals surface area (Å²) in [7, 11) is 0. The molecule has 0 unspecified atom stereocenters. The Labute approximate surface area is 191 Å². The van der Waals surface area contributed by atoms with Crippen LogP contribution in [0.2, 0.25) is 0 Å². The second kappa shape index (κ2) is 8.58. The van der Waals surface area contributed by atoms with Crippen LogP contribution in [0.25, 0.3) is 50.1 Å². The molecule has 5 aromatic rings. The Balaban J connectivity index is 1.50. The Morgan fingerprint density at radius 1 is 0.812 bits per heavy atom. The van der Waals surface area contributed by atoms with Gasteiger partial charge in [-0.2, -0.15) is 0 Å². The van der Waals surface area contributed by atoms with Crippen LogP contribution in [0.15, 0.2) is 85.2 Å². The summed E-state index contributed by atoms with van der Waals surface area (Å²) in [6.07, 6.45) is 11.4. The maximum atomic E-state index is 5.72. The first kappa shape index (κ1) is 19.9. The topological polar surface area (TPSA) is 38.7 Å². The van der Waals surface area contributed by atoms with Gasteiger partial charge in [-0.15, -0.1) is 17.8 Å². The molecule has 2 aromatic heterocycles. The lowest BCUT2D eigenvalue weighted by molar-refractivity contribution is 1.07. The summed E-state index contributed by atoms with van der Waals surface area (Å²) in [6, 6.07) is 24.8. The van der Waals surface area contributed by atoms with Crippen molar-refractivity contribution in [3.8, 4) is 46.2 Å². The molecule has 0 N–H and O–H groups in total. The molecule has 0 bridgehead atoms. The lowest BCUT2D eigenvalue weighted by atomic mass is 10.0. The lowest BCUT2D eigenvalue weighted by Gasteiger charge is -2.06. The highest BCUT2D eigenvalue weighted by atomic mass is 32.1. The number of nitrogens with zero attached hydrogens (tertiary/aromatic N) is 3. The van der Waals surface area contributed by atoms with Crippen molar-refractivity contribution in [3.63, 3.8) is 0 Å². The van der Waals surface area contributed by atoms with Crippen LogP contribution in [-0.2, 0) is 0 Å². The van der Waals surface area contributed by atoms with Crippen molar-refractivity contribution in [1.82, 2.24) is 15.0 Å². The zero-order valence-corrected chi connectivity index (χ0v) is 18.3. The molecule has 0 fully saturated rings. The van der Waals surface area contributed by atoms with E-state index in [1.54, 1.807) is 17.7 Å². The molecule has 32 heavy (non-hydrogen) atoms. The molecular formula is C28H19N3S. The number of thiophene rings is 1. The van der Waals surface area contributed by atoms with Crippen molar-refractivity contribution in [3.05, 3.63) is 95.6 Å². The van der Waals surface area contributed by atoms with E-state index in [4.69, 9.17) is 11.4 Å². The van der Waals surface area contributed by atoms with E-state index in [1.807, 2.05) is 49.4 Å². The third-order valence-electron chi connectivity index (χ3n) is 5.27. The highest BCUT2D eigenvalue weighted by molar-refractivity contribution is 7.19. The van der Waals surface area contributed by atoms with Crippen molar-refractivity contribution in [2.24, 2.45) is 0 Å². The Hall–Kier alpha value is -4.07. The zero-order valence-electron chi connectivity index (χ0n) is 17.5. The van der Waals surface area contributed by atoms with Crippen molar-refractivity contribution >= 4 is 27.5 Å². The van der Waals surface area contributed by atoms with Crippen molar-refractivity contribution in [2.75, 3.05) is 0 Å². The van der Waals surface area contributed by atoms with Crippen LogP contribution in [0.5, 0.6) is 0 Å². The summed E-state index contributed by atoms with van der Waals surface area (Å²) >= 11 is 1.61. The molecule has 0 aliphatic rings. The van der Waals surface area contributed by atoms with Gasteiger partial charge in [-0.3, -0.25) is 0 Å². The van der Waals surface area contributed by atoms with Gasteiger partial charge in [-0.1, -0.05) is 84.8 Å². The van der Waals surface area contributed by atoms with Gasteiger partial charge in [0.2, 0.25) is 0 Å².